The van der Waals surface area contributed by atoms with Crippen LogP contribution >= 0.6 is 0 Å². The van der Waals surface area contributed by atoms with E-state index >= 15 is 0 Å². The summed E-state index contributed by atoms with van der Waals surface area (Å²) in [6, 6.07) is 20.4. The minimum absolute atomic E-state index is 0.256. The number of aromatic amines is 1. The number of nitrogens with one attached hydrogen (secondary N) is 2. The molecular weight excluding hydrogens is 420 g/mol. The molecule has 1 fully saturated rings. The number of benzene rings is 2. The number of aromatic nitrogens is 2. The third-order valence-electron chi connectivity index (χ3n) is 6.45. The molecule has 1 aromatic heterocycles. The molecule has 0 aliphatic carbocycles. The normalized spacial score (nSPS) is 23.8. The molecule has 3 heterocycles. The van der Waals surface area contributed by atoms with Crippen LogP contribution in [0.1, 0.15) is 35.8 Å². The maximum Gasteiger partial charge on any atom is 0.330 e. The van der Waals surface area contributed by atoms with Gasteiger partial charge < -0.3 is 15.2 Å². The highest BCUT2D eigenvalue weighted by atomic mass is 16.5. The van der Waals surface area contributed by atoms with Crippen molar-refractivity contribution in [3.8, 4) is 0 Å². The summed E-state index contributed by atoms with van der Waals surface area (Å²) in [5.74, 6) is 0.748. The Labute approximate surface area is 190 Å². The van der Waals surface area contributed by atoms with E-state index in [1.807, 2.05) is 36.4 Å². The first-order valence-corrected chi connectivity index (χ1v) is 11.0. The first-order chi connectivity index (χ1) is 16.0. The Bertz CT molecular complexity index is 1240. The van der Waals surface area contributed by atoms with Crippen molar-refractivity contribution in [3.63, 3.8) is 0 Å². The third-order valence-corrected chi connectivity index (χ3v) is 6.45. The molecule has 0 bridgehead atoms. The van der Waals surface area contributed by atoms with Crippen LogP contribution < -0.4 is 16.6 Å². The Kier molecular flexibility index (Phi) is 5.47. The maximum absolute atomic E-state index is 12.2. The van der Waals surface area contributed by atoms with Crippen LogP contribution in [0.3, 0.4) is 0 Å². The molecule has 33 heavy (non-hydrogen) atoms. The number of hydrogen-bond donors (Lipinski definition) is 3. The monoisotopic (exact) mass is 446 g/mol. The SMILES string of the molecule is Cc1cn([C@H]2C[C@H](O)[C@@H](CC3=NCC(c4ccccc4)(c4ccccc4)N3)O2)c(=O)[nH]c1=O. The van der Waals surface area contributed by atoms with E-state index in [4.69, 9.17) is 9.73 Å². The third kappa shape index (κ3) is 3.92. The molecule has 8 heteroatoms. The molecular formula is C25H26N4O4. The number of aliphatic hydroxyl groups is 1. The molecule has 2 aliphatic rings. The van der Waals surface area contributed by atoms with E-state index in [2.05, 4.69) is 34.6 Å². The van der Waals surface area contributed by atoms with Crippen molar-refractivity contribution in [1.29, 1.82) is 0 Å². The summed E-state index contributed by atoms with van der Waals surface area (Å²) in [7, 11) is 0. The Hall–Kier alpha value is -3.49. The fraction of sp³-hybridized carbons (Fsp3) is 0.320. The molecule has 0 saturated carbocycles. The largest absolute Gasteiger partial charge is 0.390 e. The van der Waals surface area contributed by atoms with Crippen LogP contribution in [-0.4, -0.2) is 39.2 Å². The van der Waals surface area contributed by atoms with Crippen LogP contribution in [0.4, 0.5) is 0 Å². The molecule has 5 rings (SSSR count). The van der Waals surface area contributed by atoms with Crippen LogP contribution in [0.15, 0.2) is 81.4 Å². The fourth-order valence-electron chi connectivity index (χ4n) is 4.65. The molecule has 8 nitrogen and oxygen atoms in total. The van der Waals surface area contributed by atoms with Gasteiger partial charge in [0.1, 0.15) is 17.6 Å². The molecule has 1 saturated heterocycles. The summed E-state index contributed by atoms with van der Waals surface area (Å²) in [4.78, 5) is 31.0. The van der Waals surface area contributed by atoms with Gasteiger partial charge in [-0.3, -0.25) is 19.3 Å². The highest BCUT2D eigenvalue weighted by molar-refractivity contribution is 5.86. The number of amidine groups is 1. The zero-order valence-corrected chi connectivity index (χ0v) is 18.3. The highest BCUT2D eigenvalue weighted by Crippen LogP contribution is 2.35. The number of H-pyrrole nitrogens is 1. The highest BCUT2D eigenvalue weighted by Gasteiger charge is 2.42. The molecule has 170 valence electrons. The van der Waals surface area contributed by atoms with Gasteiger partial charge in [-0.1, -0.05) is 60.7 Å². The van der Waals surface area contributed by atoms with Gasteiger partial charge in [-0.15, -0.1) is 0 Å². The number of aliphatic imine (C=N–C) groups is 1. The fourth-order valence-corrected chi connectivity index (χ4v) is 4.65. The van der Waals surface area contributed by atoms with Crippen molar-refractivity contribution in [1.82, 2.24) is 14.9 Å². The second kappa shape index (κ2) is 8.46. The summed E-state index contributed by atoms with van der Waals surface area (Å²) in [6.45, 7) is 2.16. The number of rotatable bonds is 5. The number of hydrogen-bond acceptors (Lipinski definition) is 6. The molecule has 0 radical (unpaired) electrons. The number of nitrogens with zero attached hydrogens (tertiary/aromatic N) is 2. The van der Waals surface area contributed by atoms with E-state index in [9.17, 15) is 14.7 Å². The predicted molar refractivity (Wildman–Crippen MR) is 124 cm³/mol. The van der Waals surface area contributed by atoms with Crippen LogP contribution in [0, 0.1) is 6.92 Å². The van der Waals surface area contributed by atoms with E-state index in [0.29, 0.717) is 18.5 Å². The van der Waals surface area contributed by atoms with Crippen molar-refractivity contribution in [2.45, 2.75) is 43.7 Å². The average molecular weight is 447 g/mol. The van der Waals surface area contributed by atoms with Crippen molar-refractivity contribution < 1.29 is 9.84 Å². The van der Waals surface area contributed by atoms with Gasteiger partial charge in [-0.25, -0.2) is 4.79 Å². The summed E-state index contributed by atoms with van der Waals surface area (Å²) in [5.41, 5.74) is 1.16. The van der Waals surface area contributed by atoms with Crippen molar-refractivity contribution in [2.24, 2.45) is 4.99 Å². The van der Waals surface area contributed by atoms with E-state index in [1.165, 1.54) is 10.8 Å². The van der Waals surface area contributed by atoms with Gasteiger partial charge in [-0.2, -0.15) is 0 Å². The minimum Gasteiger partial charge on any atom is -0.390 e. The molecule has 0 spiro atoms. The van der Waals surface area contributed by atoms with E-state index < -0.39 is 35.2 Å². The van der Waals surface area contributed by atoms with Gasteiger partial charge in [0, 0.05) is 24.6 Å². The number of ether oxygens (including phenoxy) is 1. The second-order valence-corrected chi connectivity index (χ2v) is 8.64. The first kappa shape index (κ1) is 21.4. The zero-order chi connectivity index (χ0) is 23.0. The topological polar surface area (TPSA) is 109 Å². The summed E-state index contributed by atoms with van der Waals surface area (Å²) < 4.78 is 7.38. The Morgan fingerprint density at radius 1 is 1.09 bits per heavy atom. The Morgan fingerprint density at radius 2 is 1.73 bits per heavy atom. The first-order valence-electron chi connectivity index (χ1n) is 11.0. The number of aliphatic hydroxyl groups excluding tert-OH is 1. The lowest BCUT2D eigenvalue weighted by Gasteiger charge is -2.31. The second-order valence-electron chi connectivity index (χ2n) is 8.64. The van der Waals surface area contributed by atoms with Crippen molar-refractivity contribution in [2.75, 3.05) is 6.54 Å². The maximum atomic E-state index is 12.2. The minimum atomic E-state index is -0.762. The standard InChI is InChI=1S/C25H26N4O4/c1-16-14-29(24(32)27-23(16)31)22-12-19(30)20(33-22)13-21-26-15-25(28-21,17-8-4-2-5-9-17)18-10-6-3-7-11-18/h2-11,14,19-20,22,30H,12-13,15H2,1H3,(H,26,28)(H,27,31,32)/t19-,20+,22+/m0/s1. The lowest BCUT2D eigenvalue weighted by Crippen LogP contribution is -2.45. The molecule has 3 atom stereocenters. The molecule has 2 aliphatic heterocycles. The van der Waals surface area contributed by atoms with Crippen LogP contribution in [0.25, 0.3) is 0 Å². The summed E-state index contributed by atoms with van der Waals surface area (Å²) in [6.07, 6.45) is 0.178. The van der Waals surface area contributed by atoms with Gasteiger partial charge in [0.05, 0.1) is 18.8 Å². The molecule has 3 N–H and O–H groups in total. The van der Waals surface area contributed by atoms with Crippen LogP contribution in [-0.2, 0) is 10.3 Å². The Balaban J connectivity index is 1.36. The molecule has 0 unspecified atom stereocenters. The quantitative estimate of drug-likeness (QED) is 0.554. The lowest BCUT2D eigenvalue weighted by molar-refractivity contribution is -0.0166. The van der Waals surface area contributed by atoms with Gasteiger partial charge >= 0.3 is 5.69 Å². The van der Waals surface area contributed by atoms with Crippen LogP contribution in [0.2, 0.25) is 0 Å². The van der Waals surface area contributed by atoms with Crippen molar-refractivity contribution >= 4 is 5.84 Å². The molecule has 3 aromatic rings. The van der Waals surface area contributed by atoms with Gasteiger partial charge in [0.25, 0.3) is 5.56 Å². The van der Waals surface area contributed by atoms with Gasteiger partial charge in [-0.05, 0) is 18.1 Å². The molecule has 0 amide bonds. The number of aryl methyl sites for hydroxylation is 1. The van der Waals surface area contributed by atoms with Gasteiger partial charge in [0.15, 0.2) is 0 Å². The van der Waals surface area contributed by atoms with E-state index in [1.54, 1.807) is 6.92 Å². The zero-order valence-electron chi connectivity index (χ0n) is 18.3. The summed E-state index contributed by atoms with van der Waals surface area (Å²) in [5, 5.41) is 14.3. The lowest BCUT2D eigenvalue weighted by atomic mass is 9.83. The van der Waals surface area contributed by atoms with Crippen LogP contribution in [0.5, 0.6) is 0 Å². The Morgan fingerprint density at radius 3 is 2.36 bits per heavy atom. The predicted octanol–water partition coefficient (Wildman–Crippen LogP) is 1.83. The molecule has 2 aromatic carbocycles. The summed E-state index contributed by atoms with van der Waals surface area (Å²) >= 11 is 0. The van der Waals surface area contributed by atoms with E-state index in [0.717, 1.165) is 17.0 Å². The average Bonchev–Trinajstić information content (AvgIpc) is 3.42. The van der Waals surface area contributed by atoms with E-state index in [-0.39, 0.29) is 6.42 Å². The smallest absolute Gasteiger partial charge is 0.330 e. The van der Waals surface area contributed by atoms with Gasteiger partial charge in [0.2, 0.25) is 0 Å². The van der Waals surface area contributed by atoms with Crippen molar-refractivity contribution in [3.05, 3.63) is 104 Å².